The quantitative estimate of drug-likeness (QED) is 0.655. The van der Waals surface area contributed by atoms with Crippen molar-refractivity contribution >= 4 is 11.6 Å². The summed E-state index contributed by atoms with van der Waals surface area (Å²) in [5.41, 5.74) is 0.853. The predicted octanol–water partition coefficient (Wildman–Crippen LogP) is 2.20. The molecular formula is C13H16N2O3. The third kappa shape index (κ3) is 3.29. The van der Waals surface area contributed by atoms with E-state index < -0.39 is 4.92 Å². The largest absolute Gasteiger partial charge is 0.353 e. The van der Waals surface area contributed by atoms with E-state index in [9.17, 15) is 14.9 Å². The highest BCUT2D eigenvalue weighted by molar-refractivity contribution is 5.78. The Balaban J connectivity index is 1.88. The van der Waals surface area contributed by atoms with Crippen LogP contribution in [0.2, 0.25) is 0 Å². The standard InChI is InChI=1S/C13H16N2O3/c16-13(14-11-3-1-2-4-11)9-10-5-7-12(8-6-10)15(17)18/h5-8,11H,1-4,9H2,(H,14,16). The van der Waals surface area contributed by atoms with Crippen LogP contribution < -0.4 is 5.32 Å². The van der Waals surface area contributed by atoms with Gasteiger partial charge in [-0.15, -0.1) is 0 Å². The van der Waals surface area contributed by atoms with E-state index in [1.807, 2.05) is 0 Å². The molecule has 18 heavy (non-hydrogen) atoms. The SMILES string of the molecule is O=C(Cc1ccc([N+](=O)[O-])cc1)NC1CCCC1. The van der Waals surface area contributed by atoms with E-state index in [2.05, 4.69) is 5.32 Å². The monoisotopic (exact) mass is 248 g/mol. The van der Waals surface area contributed by atoms with Gasteiger partial charge in [0.05, 0.1) is 11.3 Å². The lowest BCUT2D eigenvalue weighted by atomic mass is 10.1. The zero-order valence-electron chi connectivity index (χ0n) is 10.1. The minimum atomic E-state index is -0.442. The number of nitrogens with one attached hydrogen (secondary N) is 1. The van der Waals surface area contributed by atoms with Crippen molar-refractivity contribution in [1.82, 2.24) is 5.32 Å². The summed E-state index contributed by atoms with van der Waals surface area (Å²) in [5.74, 6) is -0.00393. The van der Waals surface area contributed by atoms with Crippen molar-refractivity contribution in [3.63, 3.8) is 0 Å². The van der Waals surface area contributed by atoms with Crippen LogP contribution in [0.25, 0.3) is 0 Å². The highest BCUT2D eigenvalue weighted by Crippen LogP contribution is 2.18. The summed E-state index contributed by atoms with van der Waals surface area (Å²) >= 11 is 0. The lowest BCUT2D eigenvalue weighted by Gasteiger charge is -2.11. The van der Waals surface area contributed by atoms with Gasteiger partial charge in [-0.3, -0.25) is 14.9 Å². The van der Waals surface area contributed by atoms with Gasteiger partial charge in [-0.05, 0) is 18.4 Å². The van der Waals surface area contributed by atoms with Gasteiger partial charge in [0.25, 0.3) is 5.69 Å². The minimum absolute atomic E-state index is 0.00393. The van der Waals surface area contributed by atoms with Gasteiger partial charge in [0.15, 0.2) is 0 Å². The summed E-state index contributed by atoms with van der Waals surface area (Å²) in [4.78, 5) is 21.8. The number of carbonyl (C=O) groups excluding carboxylic acids is 1. The maximum atomic E-state index is 11.7. The molecule has 1 N–H and O–H groups in total. The van der Waals surface area contributed by atoms with Crippen LogP contribution >= 0.6 is 0 Å². The maximum Gasteiger partial charge on any atom is 0.269 e. The zero-order chi connectivity index (χ0) is 13.0. The number of nitrogens with zero attached hydrogens (tertiary/aromatic N) is 1. The zero-order valence-corrected chi connectivity index (χ0v) is 10.1. The molecule has 0 aromatic heterocycles. The second-order valence-corrected chi connectivity index (χ2v) is 4.65. The van der Waals surface area contributed by atoms with Crippen LogP contribution in [0.5, 0.6) is 0 Å². The van der Waals surface area contributed by atoms with Crippen molar-refractivity contribution in [3.05, 3.63) is 39.9 Å². The fourth-order valence-electron chi connectivity index (χ4n) is 2.27. The maximum absolute atomic E-state index is 11.7. The summed E-state index contributed by atoms with van der Waals surface area (Å²) in [5, 5.41) is 13.5. The molecule has 1 fully saturated rings. The van der Waals surface area contributed by atoms with Crippen LogP contribution in [0, 0.1) is 10.1 Å². The van der Waals surface area contributed by atoms with Crippen LogP contribution in [0.4, 0.5) is 5.69 Å². The first kappa shape index (κ1) is 12.5. The lowest BCUT2D eigenvalue weighted by Crippen LogP contribution is -2.33. The Kier molecular flexibility index (Phi) is 3.92. The van der Waals surface area contributed by atoms with Gasteiger partial charge in [0.2, 0.25) is 5.91 Å². The first-order valence-electron chi connectivity index (χ1n) is 6.18. The summed E-state index contributed by atoms with van der Waals surface area (Å²) in [6, 6.07) is 6.44. The van der Waals surface area contributed by atoms with Crippen LogP contribution in [0.1, 0.15) is 31.2 Å². The van der Waals surface area contributed by atoms with E-state index in [0.717, 1.165) is 18.4 Å². The number of carbonyl (C=O) groups is 1. The van der Waals surface area contributed by atoms with Crippen molar-refractivity contribution in [2.45, 2.75) is 38.1 Å². The van der Waals surface area contributed by atoms with Gasteiger partial charge in [0.1, 0.15) is 0 Å². The topological polar surface area (TPSA) is 72.2 Å². The second-order valence-electron chi connectivity index (χ2n) is 4.65. The summed E-state index contributed by atoms with van der Waals surface area (Å²) in [7, 11) is 0. The molecule has 0 unspecified atom stereocenters. The molecule has 1 saturated carbocycles. The Morgan fingerprint density at radius 3 is 2.44 bits per heavy atom. The number of nitro groups is 1. The average molecular weight is 248 g/mol. The summed E-state index contributed by atoms with van der Waals surface area (Å²) in [6.45, 7) is 0. The van der Waals surface area contributed by atoms with Crippen LogP contribution in [-0.4, -0.2) is 16.9 Å². The van der Waals surface area contributed by atoms with E-state index in [0.29, 0.717) is 6.04 Å². The number of benzene rings is 1. The number of hydrogen-bond acceptors (Lipinski definition) is 3. The van der Waals surface area contributed by atoms with Crippen molar-refractivity contribution in [2.75, 3.05) is 0 Å². The number of non-ortho nitro benzene ring substituents is 1. The molecule has 0 bridgehead atoms. The first-order valence-corrected chi connectivity index (χ1v) is 6.18. The minimum Gasteiger partial charge on any atom is -0.353 e. The molecule has 0 atom stereocenters. The highest BCUT2D eigenvalue weighted by Gasteiger charge is 2.17. The molecule has 1 amide bonds. The van der Waals surface area contributed by atoms with Gasteiger partial charge < -0.3 is 5.32 Å². The van der Waals surface area contributed by atoms with Gasteiger partial charge in [-0.25, -0.2) is 0 Å². The number of hydrogen-bond donors (Lipinski definition) is 1. The molecule has 5 nitrogen and oxygen atoms in total. The molecule has 96 valence electrons. The van der Waals surface area contributed by atoms with E-state index >= 15 is 0 Å². The third-order valence-corrected chi connectivity index (χ3v) is 3.23. The molecule has 2 rings (SSSR count). The Morgan fingerprint density at radius 1 is 1.28 bits per heavy atom. The molecule has 0 aliphatic heterocycles. The first-order chi connectivity index (χ1) is 8.65. The van der Waals surface area contributed by atoms with E-state index in [4.69, 9.17) is 0 Å². The Bertz CT molecular complexity index is 436. The fraction of sp³-hybridized carbons (Fsp3) is 0.462. The van der Waals surface area contributed by atoms with E-state index in [-0.39, 0.29) is 18.0 Å². The normalized spacial score (nSPS) is 15.6. The average Bonchev–Trinajstić information content (AvgIpc) is 2.82. The smallest absolute Gasteiger partial charge is 0.269 e. The Labute approximate surface area is 105 Å². The number of rotatable bonds is 4. The molecule has 1 aromatic rings. The van der Waals surface area contributed by atoms with E-state index in [1.165, 1.54) is 25.0 Å². The van der Waals surface area contributed by atoms with Gasteiger partial charge in [-0.1, -0.05) is 25.0 Å². The van der Waals surface area contributed by atoms with Crippen LogP contribution in [0.15, 0.2) is 24.3 Å². The fourth-order valence-corrected chi connectivity index (χ4v) is 2.27. The Hall–Kier alpha value is -1.91. The molecule has 0 heterocycles. The lowest BCUT2D eigenvalue weighted by molar-refractivity contribution is -0.384. The Morgan fingerprint density at radius 2 is 1.89 bits per heavy atom. The summed E-state index contributed by atoms with van der Waals surface area (Å²) < 4.78 is 0. The predicted molar refractivity (Wildman–Crippen MR) is 67.2 cm³/mol. The van der Waals surface area contributed by atoms with Gasteiger partial charge in [-0.2, -0.15) is 0 Å². The summed E-state index contributed by atoms with van der Waals surface area (Å²) in [6.07, 6.45) is 4.78. The molecule has 5 heteroatoms. The number of nitro benzene ring substituents is 1. The van der Waals surface area contributed by atoms with Crippen LogP contribution in [0.3, 0.4) is 0 Å². The molecule has 1 aliphatic carbocycles. The van der Waals surface area contributed by atoms with E-state index in [1.54, 1.807) is 12.1 Å². The second kappa shape index (κ2) is 5.62. The third-order valence-electron chi connectivity index (χ3n) is 3.23. The molecule has 0 saturated heterocycles. The van der Waals surface area contributed by atoms with Crippen molar-refractivity contribution in [3.8, 4) is 0 Å². The molecular weight excluding hydrogens is 232 g/mol. The van der Waals surface area contributed by atoms with Crippen LogP contribution in [-0.2, 0) is 11.2 Å². The molecule has 0 spiro atoms. The van der Waals surface area contributed by atoms with Crippen molar-refractivity contribution in [1.29, 1.82) is 0 Å². The molecule has 1 aliphatic rings. The van der Waals surface area contributed by atoms with Crippen molar-refractivity contribution < 1.29 is 9.72 Å². The van der Waals surface area contributed by atoms with Gasteiger partial charge in [0, 0.05) is 18.2 Å². The van der Waals surface area contributed by atoms with Crippen molar-refractivity contribution in [2.24, 2.45) is 0 Å². The number of amides is 1. The van der Waals surface area contributed by atoms with Gasteiger partial charge >= 0.3 is 0 Å². The molecule has 0 radical (unpaired) electrons. The molecule has 1 aromatic carbocycles. The highest BCUT2D eigenvalue weighted by atomic mass is 16.6.